The molecular formula is C24H25F5N4O4. The second kappa shape index (κ2) is 10.6. The fourth-order valence-corrected chi connectivity index (χ4v) is 3.79. The average molecular weight is 528 g/mol. The van der Waals surface area contributed by atoms with E-state index in [1.165, 1.54) is 24.4 Å². The van der Waals surface area contributed by atoms with E-state index in [2.05, 4.69) is 10.4 Å². The number of hydrogen-bond acceptors (Lipinski definition) is 4. The molecule has 0 saturated heterocycles. The second-order valence-electron chi connectivity index (χ2n) is 8.91. The highest BCUT2D eigenvalue weighted by molar-refractivity contribution is 6.02. The molecule has 0 radical (unpaired) electrons. The minimum absolute atomic E-state index is 0.0825. The van der Waals surface area contributed by atoms with Crippen molar-refractivity contribution in [2.75, 3.05) is 6.54 Å². The van der Waals surface area contributed by atoms with Crippen LogP contribution >= 0.6 is 0 Å². The lowest BCUT2D eigenvalue weighted by atomic mass is 9.95. The average Bonchev–Trinajstić information content (AvgIpc) is 3.10. The summed E-state index contributed by atoms with van der Waals surface area (Å²) in [6, 6.07) is 6.58. The molecule has 3 rings (SSSR count). The van der Waals surface area contributed by atoms with Crippen molar-refractivity contribution < 1.29 is 41.4 Å². The van der Waals surface area contributed by atoms with Crippen molar-refractivity contribution in [3.05, 3.63) is 64.4 Å². The van der Waals surface area contributed by atoms with Crippen LogP contribution in [0.5, 0.6) is 5.88 Å². The minimum Gasteiger partial charge on any atom is -0.473 e. The largest absolute Gasteiger partial charge is 0.473 e. The highest BCUT2D eigenvalue weighted by Crippen LogP contribution is 2.27. The number of carbonyl (C=O) groups is 2. The highest BCUT2D eigenvalue weighted by Gasteiger charge is 2.35. The van der Waals surface area contributed by atoms with Crippen molar-refractivity contribution in [3.8, 4) is 5.88 Å². The zero-order valence-corrected chi connectivity index (χ0v) is 20.2. The summed E-state index contributed by atoms with van der Waals surface area (Å²) in [5.74, 6) is -2.18. The van der Waals surface area contributed by atoms with Gasteiger partial charge in [0.15, 0.2) is 0 Å². The summed E-state index contributed by atoms with van der Waals surface area (Å²) >= 11 is 0. The first-order valence-electron chi connectivity index (χ1n) is 11.1. The topological polar surface area (TPSA) is 105 Å². The molecule has 2 amide bonds. The summed E-state index contributed by atoms with van der Waals surface area (Å²) in [7, 11) is 0. The van der Waals surface area contributed by atoms with Crippen molar-refractivity contribution in [1.82, 2.24) is 20.2 Å². The Labute approximate surface area is 208 Å². The van der Waals surface area contributed by atoms with Crippen LogP contribution in [-0.4, -0.2) is 45.0 Å². The number of hydrogen-bond donors (Lipinski definition) is 3. The third kappa shape index (κ3) is 6.86. The van der Waals surface area contributed by atoms with E-state index >= 15 is 0 Å². The predicted octanol–water partition coefficient (Wildman–Crippen LogP) is 4.91. The van der Waals surface area contributed by atoms with Gasteiger partial charge >= 0.3 is 12.3 Å². The Hall–Kier alpha value is -3.90. The Morgan fingerprint density at radius 1 is 1.11 bits per heavy atom. The molecule has 1 aromatic carbocycles. The molecule has 1 unspecified atom stereocenters. The van der Waals surface area contributed by atoms with Gasteiger partial charge in [0, 0.05) is 19.0 Å². The first-order valence-corrected chi connectivity index (χ1v) is 11.1. The molecule has 0 aliphatic rings. The summed E-state index contributed by atoms with van der Waals surface area (Å²) in [5, 5.41) is 17.9. The van der Waals surface area contributed by atoms with E-state index in [0.717, 1.165) is 12.1 Å². The van der Waals surface area contributed by atoms with E-state index in [0.29, 0.717) is 5.56 Å². The van der Waals surface area contributed by atoms with Gasteiger partial charge in [0.2, 0.25) is 5.88 Å². The predicted molar refractivity (Wildman–Crippen MR) is 123 cm³/mol. The smallest absolute Gasteiger partial charge is 0.405 e. The number of halogens is 5. The van der Waals surface area contributed by atoms with Gasteiger partial charge < -0.3 is 20.5 Å². The number of rotatable bonds is 9. The first-order chi connectivity index (χ1) is 17.2. The molecule has 2 heterocycles. The molecule has 0 saturated carbocycles. The Kier molecular flexibility index (Phi) is 7.94. The summed E-state index contributed by atoms with van der Waals surface area (Å²) in [4.78, 5) is 24.2. The van der Waals surface area contributed by atoms with Crippen LogP contribution in [0, 0.1) is 25.5 Å². The lowest BCUT2D eigenvalue weighted by Crippen LogP contribution is -2.53. The van der Waals surface area contributed by atoms with Gasteiger partial charge in [0.25, 0.3) is 5.91 Å². The monoisotopic (exact) mass is 528 g/mol. The van der Waals surface area contributed by atoms with E-state index in [-0.39, 0.29) is 28.2 Å². The SMILES string of the molecule is Cc1cc(OCc2c(F)cccc2F)n2nc(C)c(C(=O)NCC(C)(CCC(F)(F)F)NC(=O)O)c2c1. The third-order valence-electron chi connectivity index (χ3n) is 5.68. The zero-order chi connectivity index (χ0) is 27.5. The summed E-state index contributed by atoms with van der Waals surface area (Å²) < 4.78 is 73.1. The van der Waals surface area contributed by atoms with Crippen molar-refractivity contribution in [3.63, 3.8) is 0 Å². The lowest BCUT2D eigenvalue weighted by Gasteiger charge is -2.30. The van der Waals surface area contributed by atoms with Crippen molar-refractivity contribution >= 4 is 17.5 Å². The molecule has 0 bridgehead atoms. The van der Waals surface area contributed by atoms with Crippen LogP contribution in [0.15, 0.2) is 30.3 Å². The van der Waals surface area contributed by atoms with E-state index < -0.39 is 61.3 Å². The van der Waals surface area contributed by atoms with Gasteiger partial charge in [-0.2, -0.15) is 22.8 Å². The number of carbonyl (C=O) groups excluding carboxylic acids is 1. The summed E-state index contributed by atoms with van der Waals surface area (Å²) in [5.41, 5.74) is -0.646. The normalized spacial score (nSPS) is 13.3. The molecule has 200 valence electrons. The van der Waals surface area contributed by atoms with Crippen molar-refractivity contribution in [2.24, 2.45) is 0 Å². The Bertz CT molecular complexity index is 1300. The standard InChI is InChI=1S/C24H25F5N4O4/c1-13-9-18-20(21(34)30-12-23(3,31-22(35)36)7-8-24(27,28)29)14(2)32-33(18)19(10-13)37-11-15-16(25)5-4-6-17(15)26/h4-6,9-10,31H,7-8,11-12H2,1-3H3,(H,30,34)(H,35,36). The van der Waals surface area contributed by atoms with Crippen LogP contribution in [0.3, 0.4) is 0 Å². The first kappa shape index (κ1) is 27.7. The number of benzene rings is 1. The fourth-order valence-electron chi connectivity index (χ4n) is 3.79. The molecule has 8 nitrogen and oxygen atoms in total. The number of ether oxygens (including phenoxy) is 1. The Morgan fingerprint density at radius 3 is 2.35 bits per heavy atom. The molecule has 0 aliphatic heterocycles. The van der Waals surface area contributed by atoms with Gasteiger partial charge in [0.05, 0.1) is 27.9 Å². The van der Waals surface area contributed by atoms with Gasteiger partial charge in [-0.3, -0.25) is 4.79 Å². The lowest BCUT2D eigenvalue weighted by molar-refractivity contribution is -0.138. The Balaban J connectivity index is 1.86. The molecule has 13 heteroatoms. The van der Waals surface area contributed by atoms with Crippen LogP contribution < -0.4 is 15.4 Å². The molecular weight excluding hydrogens is 503 g/mol. The number of fused-ring (bicyclic) bond motifs is 1. The number of aromatic nitrogens is 2. The number of alkyl halides is 3. The number of carboxylic acid groups (broad SMARTS) is 1. The molecule has 3 aromatic rings. The van der Waals surface area contributed by atoms with Gasteiger partial charge in [-0.15, -0.1) is 0 Å². The van der Waals surface area contributed by atoms with Crippen molar-refractivity contribution in [2.45, 2.75) is 51.9 Å². The maximum absolute atomic E-state index is 14.0. The molecule has 2 aromatic heterocycles. The van der Waals surface area contributed by atoms with Crippen LogP contribution in [-0.2, 0) is 6.61 Å². The number of aryl methyl sites for hydroxylation is 2. The molecule has 3 N–H and O–H groups in total. The maximum atomic E-state index is 14.0. The van der Waals surface area contributed by atoms with Gasteiger partial charge in [0.1, 0.15) is 18.2 Å². The van der Waals surface area contributed by atoms with Crippen LogP contribution in [0.4, 0.5) is 26.7 Å². The van der Waals surface area contributed by atoms with Gasteiger partial charge in [-0.05, 0) is 51.0 Å². The van der Waals surface area contributed by atoms with Crippen molar-refractivity contribution in [1.29, 1.82) is 0 Å². The maximum Gasteiger partial charge on any atom is 0.405 e. The van der Waals surface area contributed by atoms with E-state index in [1.54, 1.807) is 19.1 Å². The van der Waals surface area contributed by atoms with E-state index in [4.69, 9.17) is 9.84 Å². The van der Waals surface area contributed by atoms with Crippen LogP contribution in [0.2, 0.25) is 0 Å². The van der Waals surface area contributed by atoms with E-state index in [1.807, 2.05) is 5.32 Å². The third-order valence-corrected chi connectivity index (χ3v) is 5.68. The Morgan fingerprint density at radius 2 is 1.76 bits per heavy atom. The minimum atomic E-state index is -4.51. The molecule has 37 heavy (non-hydrogen) atoms. The summed E-state index contributed by atoms with van der Waals surface area (Å²) in [6.07, 6.45) is -7.89. The number of nitrogens with one attached hydrogen (secondary N) is 2. The molecule has 0 aliphatic carbocycles. The molecule has 1 atom stereocenters. The molecule has 0 fully saturated rings. The quantitative estimate of drug-likeness (QED) is 0.343. The zero-order valence-electron chi connectivity index (χ0n) is 20.2. The van der Waals surface area contributed by atoms with Crippen LogP contribution in [0.25, 0.3) is 5.52 Å². The van der Waals surface area contributed by atoms with Gasteiger partial charge in [-0.25, -0.2) is 13.6 Å². The molecule has 0 spiro atoms. The van der Waals surface area contributed by atoms with Crippen LogP contribution in [0.1, 0.15) is 46.9 Å². The fraction of sp³-hybridized carbons (Fsp3) is 0.375. The second-order valence-corrected chi connectivity index (χ2v) is 8.91. The highest BCUT2D eigenvalue weighted by atomic mass is 19.4. The van der Waals surface area contributed by atoms with E-state index in [9.17, 15) is 31.5 Å². The number of nitrogens with zero attached hydrogens (tertiary/aromatic N) is 2. The number of amides is 2. The summed E-state index contributed by atoms with van der Waals surface area (Å²) in [6.45, 7) is 3.61. The number of pyridine rings is 1. The van der Waals surface area contributed by atoms with Gasteiger partial charge in [-0.1, -0.05) is 6.07 Å².